The standard InChI is InChI=1S/C18H14N2O3S/c1-10(21)11-2-4-12(5-3-11)19-18(22)16-14-6-7-15-13(8-9-24-15)17(14)23-20-16/h2-5,8-9H,6-7H2,1H3,(H,19,22). The van der Waals surface area contributed by atoms with Crippen molar-refractivity contribution in [3.8, 4) is 11.3 Å². The normalized spacial score (nSPS) is 12.4. The molecule has 0 saturated heterocycles. The van der Waals surface area contributed by atoms with Gasteiger partial charge in [0, 0.05) is 27.3 Å². The minimum absolute atomic E-state index is 0.00925. The van der Waals surface area contributed by atoms with E-state index in [1.165, 1.54) is 11.8 Å². The number of fused-ring (bicyclic) bond motifs is 3. The molecule has 0 atom stereocenters. The molecule has 5 nitrogen and oxygen atoms in total. The van der Waals surface area contributed by atoms with E-state index in [0.29, 0.717) is 22.7 Å². The minimum Gasteiger partial charge on any atom is -0.355 e. The Balaban J connectivity index is 1.59. The van der Waals surface area contributed by atoms with E-state index in [4.69, 9.17) is 4.52 Å². The zero-order chi connectivity index (χ0) is 16.7. The second-order valence-corrected chi connectivity index (χ2v) is 6.68. The van der Waals surface area contributed by atoms with E-state index < -0.39 is 0 Å². The first kappa shape index (κ1) is 14.8. The van der Waals surface area contributed by atoms with Crippen molar-refractivity contribution in [2.24, 2.45) is 0 Å². The first-order valence-electron chi connectivity index (χ1n) is 7.61. The Bertz CT molecular complexity index is 938. The summed E-state index contributed by atoms with van der Waals surface area (Å²) in [5.41, 5.74) is 3.46. The first-order valence-corrected chi connectivity index (χ1v) is 8.49. The number of hydrogen-bond acceptors (Lipinski definition) is 5. The van der Waals surface area contributed by atoms with Crippen LogP contribution in [0.3, 0.4) is 0 Å². The van der Waals surface area contributed by atoms with Gasteiger partial charge in [0.05, 0.1) is 0 Å². The molecule has 1 aromatic carbocycles. The number of aryl methyl sites for hydroxylation is 1. The summed E-state index contributed by atoms with van der Waals surface area (Å²) in [6.45, 7) is 1.51. The summed E-state index contributed by atoms with van der Waals surface area (Å²) < 4.78 is 5.43. The van der Waals surface area contributed by atoms with Gasteiger partial charge in [-0.2, -0.15) is 0 Å². The molecule has 0 unspecified atom stereocenters. The van der Waals surface area contributed by atoms with E-state index in [0.717, 1.165) is 24.0 Å². The number of rotatable bonds is 3. The molecule has 0 fully saturated rings. The Morgan fingerprint density at radius 1 is 1.17 bits per heavy atom. The molecule has 0 spiro atoms. The predicted molar refractivity (Wildman–Crippen MR) is 91.6 cm³/mol. The maximum absolute atomic E-state index is 12.5. The molecule has 2 heterocycles. The number of Topliss-reactive ketones (excluding diaryl/α,β-unsaturated/α-hetero) is 1. The zero-order valence-corrected chi connectivity index (χ0v) is 13.8. The molecule has 0 saturated carbocycles. The fourth-order valence-corrected chi connectivity index (χ4v) is 3.76. The van der Waals surface area contributed by atoms with Crippen LogP contribution in [0, 0.1) is 0 Å². The molecule has 2 aromatic heterocycles. The van der Waals surface area contributed by atoms with E-state index in [1.807, 2.05) is 11.4 Å². The Labute approximate surface area is 142 Å². The molecule has 0 bridgehead atoms. The monoisotopic (exact) mass is 338 g/mol. The van der Waals surface area contributed by atoms with Crippen molar-refractivity contribution in [2.75, 3.05) is 5.32 Å². The smallest absolute Gasteiger partial charge is 0.278 e. The molecule has 1 aliphatic rings. The largest absolute Gasteiger partial charge is 0.355 e. The molecule has 6 heteroatoms. The van der Waals surface area contributed by atoms with Crippen molar-refractivity contribution < 1.29 is 14.1 Å². The molecule has 24 heavy (non-hydrogen) atoms. The number of aromatic nitrogens is 1. The number of anilines is 1. The summed E-state index contributed by atoms with van der Waals surface area (Å²) in [5, 5.41) is 8.82. The lowest BCUT2D eigenvalue weighted by Crippen LogP contribution is -2.15. The maximum Gasteiger partial charge on any atom is 0.278 e. The molecule has 1 amide bonds. The number of thiophene rings is 1. The van der Waals surface area contributed by atoms with Gasteiger partial charge in [-0.05, 0) is 55.5 Å². The topological polar surface area (TPSA) is 72.2 Å². The van der Waals surface area contributed by atoms with Crippen LogP contribution in [0.5, 0.6) is 0 Å². The number of benzene rings is 1. The number of carbonyl (C=O) groups excluding carboxylic acids is 2. The Kier molecular flexibility index (Phi) is 3.54. The van der Waals surface area contributed by atoms with E-state index >= 15 is 0 Å². The molecule has 4 rings (SSSR count). The van der Waals surface area contributed by atoms with Crippen LogP contribution in [-0.2, 0) is 12.8 Å². The van der Waals surface area contributed by atoms with Crippen LogP contribution in [0.25, 0.3) is 11.3 Å². The van der Waals surface area contributed by atoms with Crippen molar-refractivity contribution in [3.05, 3.63) is 57.4 Å². The first-order chi connectivity index (χ1) is 11.6. The van der Waals surface area contributed by atoms with E-state index in [1.54, 1.807) is 35.6 Å². The Morgan fingerprint density at radius 2 is 1.96 bits per heavy atom. The number of hydrogen-bond donors (Lipinski definition) is 1. The van der Waals surface area contributed by atoms with Crippen LogP contribution in [-0.4, -0.2) is 16.8 Å². The number of nitrogens with one attached hydrogen (secondary N) is 1. The Hall–Kier alpha value is -2.73. The van der Waals surface area contributed by atoms with Gasteiger partial charge in [-0.25, -0.2) is 0 Å². The lowest BCUT2D eigenvalue weighted by Gasteiger charge is -2.10. The molecule has 3 aromatic rings. The van der Waals surface area contributed by atoms with Crippen LogP contribution >= 0.6 is 11.3 Å². The number of amides is 1. The van der Waals surface area contributed by atoms with Gasteiger partial charge in [0.2, 0.25) is 0 Å². The van der Waals surface area contributed by atoms with E-state index in [-0.39, 0.29) is 11.7 Å². The van der Waals surface area contributed by atoms with Gasteiger partial charge in [-0.1, -0.05) is 5.16 Å². The van der Waals surface area contributed by atoms with Gasteiger partial charge in [-0.3, -0.25) is 9.59 Å². The quantitative estimate of drug-likeness (QED) is 0.734. The molecular formula is C18H14N2O3S. The van der Waals surface area contributed by atoms with Crippen LogP contribution < -0.4 is 5.32 Å². The summed E-state index contributed by atoms with van der Waals surface area (Å²) in [7, 11) is 0. The fraction of sp³-hybridized carbons (Fsp3) is 0.167. The van der Waals surface area contributed by atoms with Crippen LogP contribution in [0.2, 0.25) is 0 Å². The number of carbonyl (C=O) groups is 2. The fourth-order valence-electron chi connectivity index (χ4n) is 2.88. The van der Waals surface area contributed by atoms with Crippen molar-refractivity contribution >= 4 is 28.7 Å². The maximum atomic E-state index is 12.5. The van der Waals surface area contributed by atoms with Gasteiger partial charge < -0.3 is 9.84 Å². The highest BCUT2D eigenvalue weighted by atomic mass is 32.1. The minimum atomic E-state index is -0.297. The average Bonchev–Trinajstić information content (AvgIpc) is 3.21. The molecule has 0 radical (unpaired) electrons. The summed E-state index contributed by atoms with van der Waals surface area (Å²) in [6.07, 6.45) is 1.65. The predicted octanol–water partition coefficient (Wildman–Crippen LogP) is 3.96. The van der Waals surface area contributed by atoms with E-state index in [9.17, 15) is 9.59 Å². The van der Waals surface area contributed by atoms with Gasteiger partial charge in [0.15, 0.2) is 17.2 Å². The second kappa shape index (κ2) is 5.72. The van der Waals surface area contributed by atoms with Gasteiger partial charge in [-0.15, -0.1) is 11.3 Å². The average molecular weight is 338 g/mol. The molecule has 120 valence electrons. The summed E-state index contributed by atoms with van der Waals surface area (Å²) in [4.78, 5) is 25.1. The van der Waals surface area contributed by atoms with Gasteiger partial charge >= 0.3 is 0 Å². The third-order valence-electron chi connectivity index (χ3n) is 4.14. The van der Waals surface area contributed by atoms with Crippen LogP contribution in [0.15, 0.2) is 40.2 Å². The highest BCUT2D eigenvalue weighted by Crippen LogP contribution is 2.38. The third kappa shape index (κ3) is 2.45. The van der Waals surface area contributed by atoms with Crippen LogP contribution in [0.4, 0.5) is 5.69 Å². The molecular weight excluding hydrogens is 324 g/mol. The molecule has 1 N–H and O–H groups in total. The second-order valence-electron chi connectivity index (χ2n) is 5.68. The van der Waals surface area contributed by atoms with Crippen molar-refractivity contribution in [2.45, 2.75) is 19.8 Å². The van der Waals surface area contributed by atoms with Crippen molar-refractivity contribution in [1.29, 1.82) is 0 Å². The lowest BCUT2D eigenvalue weighted by molar-refractivity contribution is 0.101. The SMILES string of the molecule is CC(=O)c1ccc(NC(=O)c2noc3c2CCc2sccc2-3)cc1. The number of ketones is 1. The van der Waals surface area contributed by atoms with Crippen molar-refractivity contribution in [3.63, 3.8) is 0 Å². The number of nitrogens with zero attached hydrogens (tertiary/aromatic N) is 1. The molecule has 0 aliphatic heterocycles. The molecule has 1 aliphatic carbocycles. The van der Waals surface area contributed by atoms with E-state index in [2.05, 4.69) is 10.5 Å². The summed E-state index contributed by atoms with van der Waals surface area (Å²) >= 11 is 1.70. The van der Waals surface area contributed by atoms with Gasteiger partial charge in [0.25, 0.3) is 5.91 Å². The third-order valence-corrected chi connectivity index (χ3v) is 5.13. The van der Waals surface area contributed by atoms with Gasteiger partial charge in [0.1, 0.15) is 0 Å². The zero-order valence-electron chi connectivity index (χ0n) is 13.0. The summed E-state index contributed by atoms with van der Waals surface area (Å²) in [5.74, 6) is 0.397. The Morgan fingerprint density at radius 3 is 2.71 bits per heavy atom. The highest BCUT2D eigenvalue weighted by Gasteiger charge is 2.28. The highest BCUT2D eigenvalue weighted by molar-refractivity contribution is 7.10. The lowest BCUT2D eigenvalue weighted by atomic mass is 9.95. The summed E-state index contributed by atoms with van der Waals surface area (Å²) in [6, 6.07) is 8.79. The van der Waals surface area contributed by atoms with Crippen molar-refractivity contribution in [1.82, 2.24) is 5.16 Å². The van der Waals surface area contributed by atoms with Crippen LogP contribution in [0.1, 0.15) is 38.2 Å².